The molecular weight excluding hydrogens is 427 g/mol. The molecule has 0 saturated carbocycles. The number of piperidine rings is 1. The zero-order valence-corrected chi connectivity index (χ0v) is 18.7. The summed E-state index contributed by atoms with van der Waals surface area (Å²) in [7, 11) is 0. The molecule has 4 nitrogen and oxygen atoms in total. The molecule has 6 heteroatoms. The van der Waals surface area contributed by atoms with E-state index in [9.17, 15) is 9.18 Å². The van der Waals surface area contributed by atoms with Crippen molar-refractivity contribution in [1.29, 1.82) is 0 Å². The molecule has 1 saturated heterocycles. The number of benzene rings is 3. The van der Waals surface area contributed by atoms with Gasteiger partial charge < -0.3 is 10.1 Å². The lowest BCUT2D eigenvalue weighted by Crippen LogP contribution is -2.43. The van der Waals surface area contributed by atoms with Crippen molar-refractivity contribution < 1.29 is 13.9 Å². The third-order valence-corrected chi connectivity index (χ3v) is 6.03. The third kappa shape index (κ3) is 5.67. The number of hydrogen-bond acceptors (Lipinski definition) is 3. The van der Waals surface area contributed by atoms with Crippen LogP contribution in [0.25, 0.3) is 0 Å². The van der Waals surface area contributed by atoms with Crippen molar-refractivity contribution in [1.82, 2.24) is 4.90 Å². The number of ether oxygens (including phenoxy) is 1. The average molecular weight is 453 g/mol. The van der Waals surface area contributed by atoms with Crippen LogP contribution in [-0.2, 0) is 6.54 Å². The summed E-state index contributed by atoms with van der Waals surface area (Å²) in [6.07, 6.45) is 1.05. The van der Waals surface area contributed by atoms with Crippen molar-refractivity contribution in [3.05, 3.63) is 94.8 Å². The fraction of sp³-hybridized carbons (Fsp3) is 0.269. The van der Waals surface area contributed by atoms with Crippen LogP contribution in [0.3, 0.4) is 0 Å². The van der Waals surface area contributed by atoms with Gasteiger partial charge in [0.25, 0.3) is 5.91 Å². The summed E-state index contributed by atoms with van der Waals surface area (Å²) in [5.41, 5.74) is 2.14. The molecule has 3 aromatic carbocycles. The number of nitrogens with one attached hydrogen (secondary N) is 1. The standard InChI is InChI=1S/C26H26ClFN2O2/c1-18-16-30(17-19-6-3-2-4-7-19)13-12-25(18)32-22-9-5-8-21(15-22)29-26(31)23-11-10-20(28)14-24(23)27/h2-11,14-15,18,25H,12-13,16-17H2,1H3,(H,29,31)/t18-,25-/m0/s1. The summed E-state index contributed by atoms with van der Waals surface area (Å²) in [6.45, 7) is 5.11. The number of halogens is 2. The molecule has 0 bridgehead atoms. The van der Waals surface area contributed by atoms with Gasteiger partial charge in [0.15, 0.2) is 0 Å². The van der Waals surface area contributed by atoms with Crippen molar-refractivity contribution in [2.45, 2.75) is 26.0 Å². The molecule has 4 rings (SSSR count). The van der Waals surface area contributed by atoms with Crippen LogP contribution < -0.4 is 10.1 Å². The third-order valence-electron chi connectivity index (χ3n) is 5.71. The van der Waals surface area contributed by atoms with Crippen molar-refractivity contribution >= 4 is 23.2 Å². The Balaban J connectivity index is 1.35. The monoisotopic (exact) mass is 452 g/mol. The van der Waals surface area contributed by atoms with E-state index in [0.717, 1.165) is 32.1 Å². The number of likely N-dealkylation sites (tertiary alicyclic amines) is 1. The maximum absolute atomic E-state index is 13.2. The van der Waals surface area contributed by atoms with Crippen LogP contribution in [0.2, 0.25) is 5.02 Å². The van der Waals surface area contributed by atoms with Crippen LogP contribution in [-0.4, -0.2) is 30.0 Å². The van der Waals surface area contributed by atoms with Gasteiger partial charge in [-0.1, -0.05) is 54.9 Å². The molecule has 1 amide bonds. The lowest BCUT2D eigenvalue weighted by molar-refractivity contribution is 0.0490. The Bertz CT molecular complexity index is 1080. The number of rotatable bonds is 6. The highest BCUT2D eigenvalue weighted by Crippen LogP contribution is 2.26. The number of hydrogen-bond donors (Lipinski definition) is 1. The molecule has 1 fully saturated rings. The first-order valence-corrected chi connectivity index (χ1v) is 11.1. The highest BCUT2D eigenvalue weighted by atomic mass is 35.5. The smallest absolute Gasteiger partial charge is 0.257 e. The molecule has 1 heterocycles. The van der Waals surface area contributed by atoms with Crippen LogP contribution >= 0.6 is 11.6 Å². The van der Waals surface area contributed by atoms with Crippen molar-refractivity contribution in [3.8, 4) is 5.75 Å². The first-order chi connectivity index (χ1) is 15.5. The van der Waals surface area contributed by atoms with Crippen molar-refractivity contribution in [3.63, 3.8) is 0 Å². The van der Waals surface area contributed by atoms with Crippen LogP contribution in [0.4, 0.5) is 10.1 Å². The van der Waals surface area contributed by atoms with Crippen LogP contribution in [0, 0.1) is 11.7 Å². The minimum absolute atomic E-state index is 0.0750. The second kappa shape index (κ2) is 10.2. The zero-order valence-electron chi connectivity index (χ0n) is 17.9. The topological polar surface area (TPSA) is 41.6 Å². The van der Waals surface area contributed by atoms with E-state index in [1.165, 1.54) is 17.7 Å². The number of nitrogens with zero attached hydrogens (tertiary/aromatic N) is 1. The zero-order chi connectivity index (χ0) is 22.5. The predicted octanol–water partition coefficient (Wildman–Crippen LogP) is 6.02. The van der Waals surface area contributed by atoms with Gasteiger partial charge in [0, 0.05) is 37.3 Å². The Hall–Kier alpha value is -2.89. The lowest BCUT2D eigenvalue weighted by atomic mass is 9.96. The summed E-state index contributed by atoms with van der Waals surface area (Å²) in [6, 6.07) is 21.5. The summed E-state index contributed by atoms with van der Waals surface area (Å²) in [5.74, 6) is 0.214. The van der Waals surface area contributed by atoms with Gasteiger partial charge in [0.2, 0.25) is 0 Å². The van der Waals surface area contributed by atoms with E-state index < -0.39 is 11.7 Å². The summed E-state index contributed by atoms with van der Waals surface area (Å²) in [5, 5.41) is 2.88. The Morgan fingerprint density at radius 3 is 2.69 bits per heavy atom. The highest BCUT2D eigenvalue weighted by molar-refractivity contribution is 6.34. The number of amides is 1. The number of carbonyl (C=O) groups is 1. The van der Waals surface area contributed by atoms with Crippen LogP contribution in [0.5, 0.6) is 5.75 Å². The highest BCUT2D eigenvalue weighted by Gasteiger charge is 2.27. The molecule has 3 aromatic rings. The van der Waals surface area contributed by atoms with Gasteiger partial charge in [0.1, 0.15) is 17.7 Å². The molecule has 32 heavy (non-hydrogen) atoms. The molecule has 1 N–H and O–H groups in total. The molecule has 166 valence electrons. The fourth-order valence-electron chi connectivity index (χ4n) is 4.06. The fourth-order valence-corrected chi connectivity index (χ4v) is 4.32. The molecule has 0 spiro atoms. The van der Waals surface area contributed by atoms with Crippen molar-refractivity contribution in [2.75, 3.05) is 18.4 Å². The Morgan fingerprint density at radius 1 is 1.12 bits per heavy atom. The van der Waals surface area contributed by atoms with E-state index in [-0.39, 0.29) is 16.7 Å². The van der Waals surface area contributed by atoms with Crippen LogP contribution in [0.1, 0.15) is 29.3 Å². The molecule has 0 aliphatic carbocycles. The average Bonchev–Trinajstić information content (AvgIpc) is 2.76. The normalized spacial score (nSPS) is 18.8. The summed E-state index contributed by atoms with van der Waals surface area (Å²) in [4.78, 5) is 15.0. The summed E-state index contributed by atoms with van der Waals surface area (Å²) < 4.78 is 19.5. The van der Waals surface area contributed by atoms with E-state index in [1.807, 2.05) is 18.2 Å². The molecule has 0 radical (unpaired) electrons. The summed E-state index contributed by atoms with van der Waals surface area (Å²) >= 11 is 6.00. The van der Waals surface area contributed by atoms with Gasteiger partial charge in [-0.3, -0.25) is 9.69 Å². The van der Waals surface area contributed by atoms with Crippen LogP contribution in [0.15, 0.2) is 72.8 Å². The molecule has 0 unspecified atom stereocenters. The molecule has 2 atom stereocenters. The van der Waals surface area contributed by atoms with Gasteiger partial charge in [-0.15, -0.1) is 0 Å². The van der Waals surface area contributed by atoms with E-state index in [0.29, 0.717) is 17.4 Å². The second-order valence-corrected chi connectivity index (χ2v) is 8.66. The van der Waals surface area contributed by atoms with E-state index in [2.05, 4.69) is 41.4 Å². The van der Waals surface area contributed by atoms with E-state index in [4.69, 9.17) is 16.3 Å². The SMILES string of the molecule is C[C@H]1CN(Cc2ccccc2)CC[C@@H]1Oc1cccc(NC(=O)c2ccc(F)cc2Cl)c1. The van der Waals surface area contributed by atoms with Gasteiger partial charge >= 0.3 is 0 Å². The van der Waals surface area contributed by atoms with E-state index >= 15 is 0 Å². The Labute approximate surface area is 193 Å². The minimum atomic E-state index is -0.481. The van der Waals surface area contributed by atoms with E-state index in [1.54, 1.807) is 12.1 Å². The van der Waals surface area contributed by atoms with Crippen molar-refractivity contribution in [2.24, 2.45) is 5.92 Å². The largest absolute Gasteiger partial charge is 0.490 e. The Kier molecular flexibility index (Phi) is 7.08. The first-order valence-electron chi connectivity index (χ1n) is 10.8. The number of carbonyl (C=O) groups excluding carboxylic acids is 1. The second-order valence-electron chi connectivity index (χ2n) is 8.25. The Morgan fingerprint density at radius 2 is 1.94 bits per heavy atom. The van der Waals surface area contributed by atoms with Gasteiger partial charge in [-0.2, -0.15) is 0 Å². The molecule has 1 aliphatic heterocycles. The maximum Gasteiger partial charge on any atom is 0.257 e. The maximum atomic E-state index is 13.2. The minimum Gasteiger partial charge on any atom is -0.490 e. The van der Waals surface area contributed by atoms with Gasteiger partial charge in [0.05, 0.1) is 10.6 Å². The molecular formula is C26H26ClFN2O2. The first kappa shape index (κ1) is 22.3. The lowest BCUT2D eigenvalue weighted by Gasteiger charge is -2.37. The van der Waals surface area contributed by atoms with Gasteiger partial charge in [-0.25, -0.2) is 4.39 Å². The number of anilines is 1. The quantitative estimate of drug-likeness (QED) is 0.497. The predicted molar refractivity (Wildman–Crippen MR) is 126 cm³/mol. The molecule has 1 aliphatic rings. The van der Waals surface area contributed by atoms with Gasteiger partial charge in [-0.05, 0) is 42.3 Å². The molecule has 0 aromatic heterocycles.